The fraction of sp³-hybridized carbons (Fsp3) is 0.462. The maximum Gasteiger partial charge on any atom is 0.237 e. The smallest absolute Gasteiger partial charge is 0.237 e. The molecule has 0 heterocycles. The zero-order valence-electron chi connectivity index (χ0n) is 10.6. The number of benzene rings is 1. The van der Waals surface area contributed by atoms with Crippen molar-refractivity contribution in [3.05, 3.63) is 29.8 Å². The summed E-state index contributed by atoms with van der Waals surface area (Å²) in [5.74, 6) is 0.688. The molecule has 2 atom stereocenters. The van der Waals surface area contributed by atoms with Crippen molar-refractivity contribution in [2.75, 3.05) is 7.11 Å². The van der Waals surface area contributed by atoms with Crippen LogP contribution >= 0.6 is 0 Å². The molecule has 4 heteroatoms. The first-order chi connectivity index (χ1) is 8.08. The van der Waals surface area contributed by atoms with E-state index < -0.39 is 6.04 Å². The van der Waals surface area contributed by atoms with Gasteiger partial charge in [0.25, 0.3) is 0 Å². The van der Waals surface area contributed by atoms with E-state index in [0.717, 1.165) is 11.3 Å². The highest BCUT2D eigenvalue weighted by atomic mass is 16.5. The first-order valence-electron chi connectivity index (χ1n) is 5.78. The highest BCUT2D eigenvalue weighted by molar-refractivity contribution is 5.81. The molecule has 0 aromatic heterocycles. The number of methoxy groups -OCH3 is 1. The van der Waals surface area contributed by atoms with E-state index in [0.29, 0.717) is 6.42 Å². The van der Waals surface area contributed by atoms with Crippen LogP contribution in [0, 0.1) is 0 Å². The molecule has 0 saturated carbocycles. The van der Waals surface area contributed by atoms with E-state index in [2.05, 4.69) is 5.32 Å². The normalized spacial score (nSPS) is 13.9. The number of carbonyl (C=O) groups is 1. The zero-order valence-corrected chi connectivity index (χ0v) is 10.6. The van der Waals surface area contributed by atoms with E-state index in [-0.39, 0.29) is 11.9 Å². The number of carbonyl (C=O) groups excluding carboxylic acids is 1. The lowest BCUT2D eigenvalue weighted by Gasteiger charge is -2.17. The minimum Gasteiger partial charge on any atom is -0.497 e. The first kappa shape index (κ1) is 13.5. The van der Waals surface area contributed by atoms with Crippen LogP contribution in [0.5, 0.6) is 5.75 Å². The molecule has 17 heavy (non-hydrogen) atoms. The minimum atomic E-state index is -0.435. The van der Waals surface area contributed by atoms with Crippen molar-refractivity contribution in [1.29, 1.82) is 0 Å². The summed E-state index contributed by atoms with van der Waals surface area (Å²) in [5, 5.41) is 2.88. The molecular formula is C13H20N2O2. The predicted octanol–water partition coefficient (Wildman–Crippen LogP) is 1.61. The summed E-state index contributed by atoms with van der Waals surface area (Å²) < 4.78 is 5.08. The van der Waals surface area contributed by atoms with Crippen LogP contribution in [-0.4, -0.2) is 19.1 Å². The summed E-state index contributed by atoms with van der Waals surface area (Å²) in [6.07, 6.45) is 0.640. The predicted molar refractivity (Wildman–Crippen MR) is 67.8 cm³/mol. The fourth-order valence-electron chi connectivity index (χ4n) is 1.48. The third-order valence-electron chi connectivity index (χ3n) is 2.75. The van der Waals surface area contributed by atoms with Crippen molar-refractivity contribution in [1.82, 2.24) is 5.32 Å². The first-order valence-corrected chi connectivity index (χ1v) is 5.78. The van der Waals surface area contributed by atoms with Gasteiger partial charge in [-0.2, -0.15) is 0 Å². The van der Waals surface area contributed by atoms with Gasteiger partial charge in [0, 0.05) is 0 Å². The Kier molecular flexibility index (Phi) is 4.97. The topological polar surface area (TPSA) is 64.4 Å². The molecule has 0 saturated heterocycles. The molecule has 0 fully saturated rings. The molecule has 3 N–H and O–H groups in total. The summed E-state index contributed by atoms with van der Waals surface area (Å²) in [5.41, 5.74) is 6.69. The Morgan fingerprint density at radius 3 is 2.47 bits per heavy atom. The van der Waals surface area contributed by atoms with Gasteiger partial charge in [-0.3, -0.25) is 4.79 Å². The maximum absolute atomic E-state index is 11.6. The number of ether oxygens (including phenoxy) is 1. The Hall–Kier alpha value is -1.55. The molecule has 4 nitrogen and oxygen atoms in total. The van der Waals surface area contributed by atoms with Crippen LogP contribution < -0.4 is 15.8 Å². The van der Waals surface area contributed by atoms with Gasteiger partial charge in [-0.1, -0.05) is 19.1 Å². The van der Waals surface area contributed by atoms with Crippen LogP contribution in [-0.2, 0) is 4.79 Å². The SMILES string of the molecule is CC[C@H](N)C(=O)N[C@@H](C)c1ccc(OC)cc1. The van der Waals surface area contributed by atoms with Crippen molar-refractivity contribution in [3.63, 3.8) is 0 Å². The van der Waals surface area contributed by atoms with Crippen molar-refractivity contribution in [2.45, 2.75) is 32.4 Å². The maximum atomic E-state index is 11.6. The average Bonchev–Trinajstić information content (AvgIpc) is 2.37. The lowest BCUT2D eigenvalue weighted by molar-refractivity contribution is -0.123. The summed E-state index contributed by atoms with van der Waals surface area (Å²) in [4.78, 5) is 11.6. The molecular weight excluding hydrogens is 216 g/mol. The number of rotatable bonds is 5. The molecule has 0 aliphatic rings. The molecule has 1 rings (SSSR count). The van der Waals surface area contributed by atoms with Gasteiger partial charge in [-0.05, 0) is 31.0 Å². The van der Waals surface area contributed by atoms with E-state index >= 15 is 0 Å². The Morgan fingerprint density at radius 2 is 2.00 bits per heavy atom. The van der Waals surface area contributed by atoms with Gasteiger partial charge in [-0.15, -0.1) is 0 Å². The number of hydrogen-bond acceptors (Lipinski definition) is 3. The van der Waals surface area contributed by atoms with Gasteiger partial charge in [0.15, 0.2) is 0 Å². The quantitative estimate of drug-likeness (QED) is 0.816. The van der Waals surface area contributed by atoms with Gasteiger partial charge in [-0.25, -0.2) is 0 Å². The monoisotopic (exact) mass is 236 g/mol. The van der Waals surface area contributed by atoms with Gasteiger partial charge in [0.05, 0.1) is 19.2 Å². The number of nitrogens with one attached hydrogen (secondary N) is 1. The van der Waals surface area contributed by atoms with Crippen LogP contribution in [0.1, 0.15) is 31.9 Å². The van der Waals surface area contributed by atoms with Crippen LogP contribution in [0.3, 0.4) is 0 Å². The molecule has 1 amide bonds. The molecule has 0 unspecified atom stereocenters. The molecule has 0 aliphatic carbocycles. The van der Waals surface area contributed by atoms with Gasteiger partial charge < -0.3 is 15.8 Å². The van der Waals surface area contributed by atoms with Crippen LogP contribution in [0.2, 0.25) is 0 Å². The molecule has 1 aromatic rings. The number of amides is 1. The molecule has 0 aliphatic heterocycles. The van der Waals surface area contributed by atoms with Crippen LogP contribution in [0.4, 0.5) is 0 Å². The van der Waals surface area contributed by atoms with E-state index in [9.17, 15) is 4.79 Å². The average molecular weight is 236 g/mol. The highest BCUT2D eigenvalue weighted by Gasteiger charge is 2.14. The largest absolute Gasteiger partial charge is 0.497 e. The summed E-state index contributed by atoms with van der Waals surface area (Å²) in [6, 6.07) is 7.12. The van der Waals surface area contributed by atoms with E-state index in [4.69, 9.17) is 10.5 Å². The Morgan fingerprint density at radius 1 is 1.41 bits per heavy atom. The zero-order chi connectivity index (χ0) is 12.8. The van der Waals surface area contributed by atoms with Crippen molar-refractivity contribution in [2.24, 2.45) is 5.73 Å². The molecule has 0 bridgehead atoms. The number of hydrogen-bond donors (Lipinski definition) is 2. The third-order valence-corrected chi connectivity index (χ3v) is 2.75. The van der Waals surface area contributed by atoms with Crippen molar-refractivity contribution < 1.29 is 9.53 Å². The molecule has 1 aromatic carbocycles. The Labute approximate surface area is 102 Å². The third kappa shape index (κ3) is 3.75. The standard InChI is InChI=1S/C13H20N2O2/c1-4-12(14)13(16)15-9(2)10-5-7-11(17-3)8-6-10/h5-9,12H,4,14H2,1-3H3,(H,15,16)/t9-,12-/m0/s1. The molecule has 94 valence electrons. The molecule has 0 radical (unpaired) electrons. The Balaban J connectivity index is 2.63. The second-order valence-electron chi connectivity index (χ2n) is 4.02. The minimum absolute atomic E-state index is 0.0500. The van der Waals surface area contributed by atoms with E-state index in [1.807, 2.05) is 38.1 Å². The number of nitrogens with two attached hydrogens (primary N) is 1. The fourth-order valence-corrected chi connectivity index (χ4v) is 1.48. The van der Waals surface area contributed by atoms with Gasteiger partial charge in [0.2, 0.25) is 5.91 Å². The Bertz CT molecular complexity index is 362. The van der Waals surface area contributed by atoms with Crippen molar-refractivity contribution in [3.8, 4) is 5.75 Å². The summed E-state index contributed by atoms with van der Waals surface area (Å²) in [7, 11) is 1.63. The lowest BCUT2D eigenvalue weighted by atomic mass is 10.1. The van der Waals surface area contributed by atoms with Gasteiger partial charge in [0.1, 0.15) is 5.75 Å². The second kappa shape index (κ2) is 6.25. The second-order valence-corrected chi connectivity index (χ2v) is 4.02. The van der Waals surface area contributed by atoms with Crippen LogP contribution in [0.25, 0.3) is 0 Å². The van der Waals surface area contributed by atoms with Crippen molar-refractivity contribution >= 4 is 5.91 Å². The summed E-state index contributed by atoms with van der Waals surface area (Å²) >= 11 is 0. The van der Waals surface area contributed by atoms with E-state index in [1.165, 1.54) is 0 Å². The highest BCUT2D eigenvalue weighted by Crippen LogP contribution is 2.17. The van der Waals surface area contributed by atoms with Crippen LogP contribution in [0.15, 0.2) is 24.3 Å². The summed E-state index contributed by atoms with van der Waals surface area (Å²) in [6.45, 7) is 3.82. The molecule has 0 spiro atoms. The van der Waals surface area contributed by atoms with Gasteiger partial charge >= 0.3 is 0 Å². The van der Waals surface area contributed by atoms with E-state index in [1.54, 1.807) is 7.11 Å². The lowest BCUT2D eigenvalue weighted by Crippen LogP contribution is -2.41.